The van der Waals surface area contributed by atoms with Crippen LogP contribution in [0.1, 0.15) is 36.3 Å². The number of carbonyl (C=O) groups excluding carboxylic acids is 1. The lowest BCUT2D eigenvalue weighted by atomic mass is 9.79. The van der Waals surface area contributed by atoms with E-state index >= 15 is 0 Å². The molecule has 4 unspecified atom stereocenters. The molecule has 2 saturated heterocycles. The lowest BCUT2D eigenvalue weighted by molar-refractivity contribution is -0.119. The van der Waals surface area contributed by atoms with Crippen molar-refractivity contribution < 1.29 is 4.79 Å². The fraction of sp³-hybridized carbons (Fsp3) is 0.619. The predicted octanol–water partition coefficient (Wildman–Crippen LogP) is 1.75. The lowest BCUT2D eigenvalue weighted by Crippen LogP contribution is -2.51. The van der Waals surface area contributed by atoms with Crippen molar-refractivity contribution in [2.75, 3.05) is 33.2 Å². The highest BCUT2D eigenvalue weighted by Crippen LogP contribution is 2.60. The first-order chi connectivity index (χ1) is 12.7. The predicted molar refractivity (Wildman–Crippen MR) is 102 cm³/mol. The summed E-state index contributed by atoms with van der Waals surface area (Å²) in [6.07, 6.45) is 4.19. The van der Waals surface area contributed by atoms with Crippen LogP contribution in [0.3, 0.4) is 0 Å². The number of guanidine groups is 1. The number of amides is 1. The van der Waals surface area contributed by atoms with Crippen LogP contribution in [-0.2, 0) is 11.2 Å². The van der Waals surface area contributed by atoms with Crippen LogP contribution in [0.15, 0.2) is 29.3 Å². The molecule has 2 aliphatic carbocycles. The second-order valence-corrected chi connectivity index (χ2v) is 8.66. The number of aliphatic imine (C=N–C) groups is 1. The summed E-state index contributed by atoms with van der Waals surface area (Å²) < 4.78 is 0. The largest absolute Gasteiger partial charge is 0.356 e. The van der Waals surface area contributed by atoms with Crippen molar-refractivity contribution in [1.29, 1.82) is 0 Å². The Kier molecular flexibility index (Phi) is 3.73. The van der Waals surface area contributed by atoms with Gasteiger partial charge in [0, 0.05) is 45.1 Å². The summed E-state index contributed by atoms with van der Waals surface area (Å²) in [7, 11) is 1.88. The molecule has 4 aliphatic rings. The summed E-state index contributed by atoms with van der Waals surface area (Å²) in [5.74, 6) is 3.54. The van der Waals surface area contributed by atoms with Gasteiger partial charge in [-0.3, -0.25) is 9.79 Å². The summed E-state index contributed by atoms with van der Waals surface area (Å²) in [5, 5.41) is 6.68. The molecule has 0 aromatic heterocycles. The monoisotopic (exact) mass is 352 g/mol. The van der Waals surface area contributed by atoms with Gasteiger partial charge in [-0.1, -0.05) is 24.3 Å². The molecule has 4 atom stereocenters. The maximum atomic E-state index is 11.7. The molecule has 2 heterocycles. The van der Waals surface area contributed by atoms with E-state index in [1.54, 1.807) is 11.1 Å². The van der Waals surface area contributed by atoms with Gasteiger partial charge < -0.3 is 15.5 Å². The molecule has 5 heteroatoms. The van der Waals surface area contributed by atoms with Crippen molar-refractivity contribution in [3.8, 4) is 0 Å². The van der Waals surface area contributed by atoms with Crippen LogP contribution in [0.4, 0.5) is 0 Å². The third kappa shape index (κ3) is 2.60. The van der Waals surface area contributed by atoms with Crippen LogP contribution in [0.2, 0.25) is 0 Å². The molecule has 5 nitrogen and oxygen atoms in total. The summed E-state index contributed by atoms with van der Waals surface area (Å²) in [5.41, 5.74) is 3.24. The number of carbonyl (C=O) groups is 1. The average Bonchev–Trinajstić information content (AvgIpc) is 2.99. The van der Waals surface area contributed by atoms with Gasteiger partial charge >= 0.3 is 0 Å². The molecule has 138 valence electrons. The van der Waals surface area contributed by atoms with Gasteiger partial charge in [0.1, 0.15) is 0 Å². The van der Waals surface area contributed by atoms with Crippen LogP contribution >= 0.6 is 0 Å². The van der Waals surface area contributed by atoms with E-state index < -0.39 is 0 Å². The summed E-state index contributed by atoms with van der Waals surface area (Å²) in [6.45, 7) is 3.81. The summed E-state index contributed by atoms with van der Waals surface area (Å²) >= 11 is 0. The Hall–Kier alpha value is -2.04. The first kappa shape index (κ1) is 16.2. The number of hydrogen-bond donors (Lipinski definition) is 2. The number of hydrogen-bond acceptors (Lipinski definition) is 2. The quantitative estimate of drug-likeness (QED) is 0.630. The van der Waals surface area contributed by atoms with E-state index in [4.69, 9.17) is 0 Å². The number of nitrogens with zero attached hydrogens (tertiary/aromatic N) is 2. The standard InChI is InChI=1S/C21H28N4O/c1-22-20(25-8-4-7-21(13-25)10-18(26)24-12-21)23-11-17-16-9-14-5-2-3-6-15(14)19(16)17/h2-3,5-6,16-17,19H,4,7-13H2,1H3,(H,22,23)(H,24,26). The average molecular weight is 352 g/mol. The fourth-order valence-electron chi connectivity index (χ4n) is 5.73. The molecule has 1 spiro atoms. The molecule has 1 saturated carbocycles. The first-order valence-corrected chi connectivity index (χ1v) is 9.99. The zero-order valence-electron chi connectivity index (χ0n) is 15.5. The van der Waals surface area contributed by atoms with Crippen molar-refractivity contribution in [2.24, 2.45) is 22.2 Å². The van der Waals surface area contributed by atoms with E-state index in [-0.39, 0.29) is 11.3 Å². The molecule has 1 amide bonds. The van der Waals surface area contributed by atoms with Gasteiger partial charge in [0.15, 0.2) is 5.96 Å². The molecule has 3 fully saturated rings. The highest BCUT2D eigenvalue weighted by atomic mass is 16.1. The Bertz CT molecular complexity index is 760. The molecule has 5 rings (SSSR count). The third-order valence-electron chi connectivity index (χ3n) is 7.07. The zero-order chi connectivity index (χ0) is 17.7. The molecular formula is C21H28N4O. The highest BCUT2D eigenvalue weighted by Gasteiger charge is 2.55. The first-order valence-electron chi connectivity index (χ1n) is 9.99. The SMILES string of the molecule is CN=C(NCC1C2Cc3ccccc3C12)N1CCCC2(CNC(=O)C2)C1. The van der Waals surface area contributed by atoms with Crippen molar-refractivity contribution in [2.45, 2.75) is 31.6 Å². The number of likely N-dealkylation sites (tertiary alicyclic amines) is 1. The maximum absolute atomic E-state index is 11.7. The molecule has 1 aromatic carbocycles. The Morgan fingerprint density at radius 3 is 3.12 bits per heavy atom. The van der Waals surface area contributed by atoms with Crippen molar-refractivity contribution in [1.82, 2.24) is 15.5 Å². The number of benzene rings is 1. The van der Waals surface area contributed by atoms with E-state index in [1.165, 1.54) is 6.42 Å². The molecule has 2 N–H and O–H groups in total. The number of fused-ring (bicyclic) bond motifs is 3. The normalized spacial score (nSPS) is 35.3. The van der Waals surface area contributed by atoms with Gasteiger partial charge in [0.2, 0.25) is 5.91 Å². The zero-order valence-corrected chi connectivity index (χ0v) is 15.5. The van der Waals surface area contributed by atoms with E-state index in [1.807, 2.05) is 7.05 Å². The van der Waals surface area contributed by atoms with Gasteiger partial charge in [-0.05, 0) is 48.1 Å². The van der Waals surface area contributed by atoms with Crippen LogP contribution < -0.4 is 10.6 Å². The Morgan fingerprint density at radius 2 is 2.31 bits per heavy atom. The smallest absolute Gasteiger partial charge is 0.220 e. The summed E-state index contributed by atoms with van der Waals surface area (Å²) in [6, 6.07) is 8.93. The molecule has 26 heavy (non-hydrogen) atoms. The number of nitrogens with one attached hydrogen (secondary N) is 2. The van der Waals surface area contributed by atoms with Crippen LogP contribution in [-0.4, -0.2) is 50.0 Å². The minimum absolute atomic E-state index is 0.113. The van der Waals surface area contributed by atoms with Crippen LogP contribution in [0.5, 0.6) is 0 Å². The van der Waals surface area contributed by atoms with Crippen molar-refractivity contribution >= 4 is 11.9 Å². The second-order valence-electron chi connectivity index (χ2n) is 8.66. The molecule has 1 aromatic rings. The minimum Gasteiger partial charge on any atom is -0.356 e. The topological polar surface area (TPSA) is 56.7 Å². The Labute approximate surface area is 155 Å². The van der Waals surface area contributed by atoms with E-state index in [9.17, 15) is 4.79 Å². The lowest BCUT2D eigenvalue weighted by Gasteiger charge is -2.40. The fourth-order valence-corrected chi connectivity index (χ4v) is 5.73. The second kappa shape index (κ2) is 6.00. The van der Waals surface area contributed by atoms with Gasteiger partial charge in [0.25, 0.3) is 0 Å². The number of piperidine rings is 1. The minimum atomic E-state index is 0.113. The molecule has 0 bridgehead atoms. The Balaban J connectivity index is 1.20. The molecule has 2 aliphatic heterocycles. The van der Waals surface area contributed by atoms with Gasteiger partial charge in [-0.2, -0.15) is 0 Å². The molecule has 0 radical (unpaired) electrons. The van der Waals surface area contributed by atoms with Crippen molar-refractivity contribution in [3.05, 3.63) is 35.4 Å². The van der Waals surface area contributed by atoms with E-state index in [0.29, 0.717) is 6.42 Å². The molecular weight excluding hydrogens is 324 g/mol. The highest BCUT2D eigenvalue weighted by molar-refractivity contribution is 5.81. The van der Waals surface area contributed by atoms with Gasteiger partial charge in [-0.15, -0.1) is 0 Å². The summed E-state index contributed by atoms with van der Waals surface area (Å²) in [4.78, 5) is 18.6. The van der Waals surface area contributed by atoms with Crippen LogP contribution in [0.25, 0.3) is 0 Å². The Morgan fingerprint density at radius 1 is 1.42 bits per heavy atom. The number of rotatable bonds is 2. The van der Waals surface area contributed by atoms with Gasteiger partial charge in [-0.25, -0.2) is 0 Å². The van der Waals surface area contributed by atoms with Crippen LogP contribution in [0, 0.1) is 17.3 Å². The van der Waals surface area contributed by atoms with E-state index in [2.05, 4.69) is 44.8 Å². The van der Waals surface area contributed by atoms with Crippen molar-refractivity contribution in [3.63, 3.8) is 0 Å². The van der Waals surface area contributed by atoms with Gasteiger partial charge in [0.05, 0.1) is 0 Å². The van der Waals surface area contributed by atoms with E-state index in [0.717, 1.165) is 62.7 Å². The third-order valence-corrected chi connectivity index (χ3v) is 7.07. The maximum Gasteiger partial charge on any atom is 0.220 e.